The van der Waals surface area contributed by atoms with Crippen molar-refractivity contribution in [3.8, 4) is 0 Å². The summed E-state index contributed by atoms with van der Waals surface area (Å²) in [5.41, 5.74) is 8.86. The monoisotopic (exact) mass is 390 g/mol. The molecule has 0 bridgehead atoms. The van der Waals surface area contributed by atoms with Gasteiger partial charge >= 0.3 is 0 Å². The third-order valence-corrected chi connectivity index (χ3v) is 6.07. The van der Waals surface area contributed by atoms with E-state index >= 15 is 0 Å². The lowest BCUT2D eigenvalue weighted by Crippen LogP contribution is -2.21. The number of H-pyrrole nitrogens is 2. The van der Waals surface area contributed by atoms with Gasteiger partial charge in [-0.2, -0.15) is 0 Å². The number of para-hydroxylation sites is 2. The first-order chi connectivity index (χ1) is 14.9. The lowest BCUT2D eigenvalue weighted by Gasteiger charge is -2.15. The van der Waals surface area contributed by atoms with Gasteiger partial charge in [-0.25, -0.2) is 0 Å². The third-order valence-electron chi connectivity index (χ3n) is 6.07. The molecule has 3 aromatic heterocycles. The van der Waals surface area contributed by atoms with Crippen LogP contribution in [0.3, 0.4) is 0 Å². The Morgan fingerprint density at radius 3 is 1.83 bits per heavy atom. The first-order valence-electron chi connectivity index (χ1n) is 10.3. The molecule has 0 amide bonds. The van der Waals surface area contributed by atoms with E-state index in [-0.39, 0.29) is 0 Å². The molecule has 5 aromatic rings. The zero-order chi connectivity index (χ0) is 19.9. The Hall–Kier alpha value is -3.63. The summed E-state index contributed by atoms with van der Waals surface area (Å²) in [6.07, 6.45) is 6.21. The van der Waals surface area contributed by atoms with Gasteiger partial charge in [0.15, 0.2) is 0 Å². The molecular formula is C26H22N4. The predicted octanol–water partition coefficient (Wildman–Crippen LogP) is 5.47. The van der Waals surface area contributed by atoms with Crippen LogP contribution in [-0.2, 0) is 6.54 Å². The molecule has 6 rings (SSSR count). The van der Waals surface area contributed by atoms with Crippen molar-refractivity contribution in [3.63, 3.8) is 0 Å². The molecule has 4 heterocycles. The number of pyridine rings is 1. The Morgan fingerprint density at radius 1 is 0.700 bits per heavy atom. The number of benzene rings is 2. The quantitative estimate of drug-likeness (QED) is 0.427. The van der Waals surface area contributed by atoms with Gasteiger partial charge in [-0.1, -0.05) is 42.5 Å². The molecule has 2 aromatic carbocycles. The minimum atomic E-state index is 0.846. The molecule has 146 valence electrons. The maximum atomic E-state index is 4.55. The lowest BCUT2D eigenvalue weighted by molar-refractivity contribution is 0.347. The van der Waals surface area contributed by atoms with E-state index in [0.717, 1.165) is 25.3 Å². The molecule has 4 nitrogen and oxygen atoms in total. The van der Waals surface area contributed by atoms with Crippen LogP contribution in [0.25, 0.3) is 33.0 Å². The van der Waals surface area contributed by atoms with E-state index in [1.165, 1.54) is 44.1 Å². The number of aromatic amines is 2. The highest BCUT2D eigenvalue weighted by Gasteiger charge is 2.27. The molecule has 1 aliphatic rings. The van der Waals surface area contributed by atoms with E-state index < -0.39 is 0 Å². The summed E-state index contributed by atoms with van der Waals surface area (Å²) in [6, 6.07) is 23.3. The van der Waals surface area contributed by atoms with Crippen molar-refractivity contribution in [1.82, 2.24) is 19.9 Å². The predicted molar refractivity (Wildman–Crippen MR) is 123 cm³/mol. The molecule has 0 fully saturated rings. The number of hydrogen-bond donors (Lipinski definition) is 2. The van der Waals surface area contributed by atoms with E-state index in [0.29, 0.717) is 0 Å². The molecule has 0 radical (unpaired) electrons. The number of nitrogens with one attached hydrogen (secondary N) is 2. The van der Waals surface area contributed by atoms with Crippen LogP contribution < -0.4 is 0 Å². The Morgan fingerprint density at radius 2 is 1.27 bits per heavy atom. The van der Waals surface area contributed by atoms with Crippen LogP contribution in [-0.4, -0.2) is 32.9 Å². The molecule has 0 unspecified atom stereocenters. The number of nitrogens with zero attached hydrogens (tertiary/aromatic N) is 2. The van der Waals surface area contributed by atoms with Crippen molar-refractivity contribution in [2.75, 3.05) is 13.1 Å². The number of fused-ring (bicyclic) bond motifs is 2. The van der Waals surface area contributed by atoms with Crippen molar-refractivity contribution in [2.24, 2.45) is 0 Å². The Labute approximate surface area is 174 Å². The molecule has 0 spiro atoms. The lowest BCUT2D eigenvalue weighted by atomic mass is 9.96. The van der Waals surface area contributed by atoms with Gasteiger partial charge in [-0.05, 0) is 35.4 Å². The summed E-state index contributed by atoms with van der Waals surface area (Å²) >= 11 is 0. The summed E-state index contributed by atoms with van der Waals surface area (Å²) < 4.78 is 0. The van der Waals surface area contributed by atoms with Crippen molar-refractivity contribution >= 4 is 33.0 Å². The molecule has 4 heteroatoms. The van der Waals surface area contributed by atoms with Gasteiger partial charge in [0.25, 0.3) is 0 Å². The third kappa shape index (κ3) is 2.85. The maximum absolute atomic E-state index is 4.55. The Kier molecular flexibility index (Phi) is 4.03. The first kappa shape index (κ1) is 17.2. The standard InChI is InChI=1S/C26H22N4/c1-3-10-25-19(8-1)21(13-28-25)23-16-30(15-18-7-5-6-12-27-18)17-24(23)22-14-29-26-11-4-2-9-20(22)26/h1-14,28-29H,15-17H2. The van der Waals surface area contributed by atoms with Crippen molar-refractivity contribution in [2.45, 2.75) is 6.54 Å². The van der Waals surface area contributed by atoms with E-state index in [1.54, 1.807) is 0 Å². The molecule has 2 N–H and O–H groups in total. The first-order valence-corrected chi connectivity index (χ1v) is 10.3. The Bertz CT molecular complexity index is 1290. The molecular weight excluding hydrogens is 368 g/mol. The summed E-state index contributed by atoms with van der Waals surface area (Å²) in [6.45, 7) is 2.67. The second-order valence-corrected chi connectivity index (χ2v) is 7.92. The van der Waals surface area contributed by atoms with Crippen LogP contribution in [0.15, 0.2) is 85.3 Å². The summed E-state index contributed by atoms with van der Waals surface area (Å²) in [4.78, 5) is 13.9. The van der Waals surface area contributed by atoms with Gasteiger partial charge in [-0.3, -0.25) is 9.88 Å². The Balaban J connectivity index is 1.48. The molecule has 1 aliphatic heterocycles. The van der Waals surface area contributed by atoms with Crippen LogP contribution in [0.4, 0.5) is 0 Å². The van der Waals surface area contributed by atoms with E-state index in [1.807, 2.05) is 12.3 Å². The summed E-state index contributed by atoms with van der Waals surface area (Å²) in [5, 5.41) is 2.56. The van der Waals surface area contributed by atoms with Crippen molar-refractivity contribution in [1.29, 1.82) is 0 Å². The van der Waals surface area contributed by atoms with E-state index in [2.05, 4.69) is 92.9 Å². The number of hydrogen-bond acceptors (Lipinski definition) is 2. The summed E-state index contributed by atoms with van der Waals surface area (Å²) in [5.74, 6) is 0. The van der Waals surface area contributed by atoms with Crippen LogP contribution in [0.1, 0.15) is 16.8 Å². The molecule has 0 aliphatic carbocycles. The zero-order valence-corrected chi connectivity index (χ0v) is 16.6. The second-order valence-electron chi connectivity index (χ2n) is 7.92. The minimum absolute atomic E-state index is 0.846. The highest BCUT2D eigenvalue weighted by Crippen LogP contribution is 2.39. The average molecular weight is 390 g/mol. The van der Waals surface area contributed by atoms with Gasteiger partial charge in [0, 0.05) is 71.2 Å². The van der Waals surface area contributed by atoms with Gasteiger partial charge in [-0.15, -0.1) is 0 Å². The zero-order valence-electron chi connectivity index (χ0n) is 16.6. The fourth-order valence-corrected chi connectivity index (χ4v) is 4.66. The highest BCUT2D eigenvalue weighted by molar-refractivity contribution is 6.07. The smallest absolute Gasteiger partial charge is 0.0544 e. The summed E-state index contributed by atoms with van der Waals surface area (Å²) in [7, 11) is 0. The molecule has 0 atom stereocenters. The fraction of sp³-hybridized carbons (Fsp3) is 0.115. The average Bonchev–Trinajstić information content (AvgIpc) is 3.50. The van der Waals surface area contributed by atoms with Gasteiger partial charge < -0.3 is 9.97 Å². The number of rotatable bonds is 4. The van der Waals surface area contributed by atoms with Gasteiger partial charge in [0.05, 0.1) is 5.69 Å². The molecule has 0 saturated heterocycles. The minimum Gasteiger partial charge on any atom is -0.361 e. The highest BCUT2D eigenvalue weighted by atomic mass is 15.1. The van der Waals surface area contributed by atoms with Crippen molar-refractivity contribution < 1.29 is 0 Å². The normalized spacial score (nSPS) is 14.9. The van der Waals surface area contributed by atoms with Gasteiger partial charge in [0.1, 0.15) is 0 Å². The van der Waals surface area contributed by atoms with Crippen LogP contribution >= 0.6 is 0 Å². The molecule has 30 heavy (non-hydrogen) atoms. The topological polar surface area (TPSA) is 47.7 Å². The maximum Gasteiger partial charge on any atom is 0.0544 e. The van der Waals surface area contributed by atoms with Gasteiger partial charge in [0.2, 0.25) is 0 Å². The van der Waals surface area contributed by atoms with Crippen molar-refractivity contribution in [3.05, 3.63) is 102 Å². The second kappa shape index (κ2) is 7.01. The molecule has 0 saturated carbocycles. The fourth-order valence-electron chi connectivity index (χ4n) is 4.66. The van der Waals surface area contributed by atoms with E-state index in [9.17, 15) is 0 Å². The van der Waals surface area contributed by atoms with Crippen LogP contribution in [0.2, 0.25) is 0 Å². The largest absolute Gasteiger partial charge is 0.361 e. The van der Waals surface area contributed by atoms with E-state index in [4.69, 9.17) is 0 Å². The van der Waals surface area contributed by atoms with Crippen LogP contribution in [0, 0.1) is 0 Å². The number of aromatic nitrogens is 3. The SMILES string of the molecule is c1ccc(CN2CC(c3c[nH]c4ccccc34)=C(c3c[nH]c4ccccc34)C2)nc1. The van der Waals surface area contributed by atoms with Crippen LogP contribution in [0.5, 0.6) is 0 Å².